The molecule has 1 fully saturated rings. The standard InChI is InChI=1S/C21H22N2OS/c24-20-10-9-16-6-1-2-7-17(16)18(20)14-22-15-19(21-8-5-13-25-21)23-11-3-4-12-23/h1-2,5-10,13-14,19,24H,3-4,11-12,15H2/t19-/m0/s1. The summed E-state index contributed by atoms with van der Waals surface area (Å²) in [7, 11) is 0. The Morgan fingerprint density at radius 1 is 1.08 bits per heavy atom. The minimum absolute atomic E-state index is 0.288. The molecule has 0 spiro atoms. The third-order valence-corrected chi connectivity index (χ3v) is 5.87. The van der Waals surface area contributed by atoms with Crippen molar-refractivity contribution in [2.45, 2.75) is 18.9 Å². The van der Waals surface area contributed by atoms with Crippen LogP contribution in [0.2, 0.25) is 0 Å². The second kappa shape index (κ2) is 7.38. The number of nitrogens with zero attached hydrogens (tertiary/aromatic N) is 2. The van der Waals surface area contributed by atoms with Crippen LogP contribution in [0, 0.1) is 0 Å². The maximum atomic E-state index is 10.3. The third-order valence-electron chi connectivity index (χ3n) is 4.90. The molecule has 0 amide bonds. The third kappa shape index (κ3) is 3.46. The van der Waals surface area contributed by atoms with E-state index in [4.69, 9.17) is 4.99 Å². The molecule has 25 heavy (non-hydrogen) atoms. The Balaban J connectivity index is 1.60. The summed E-state index contributed by atoms with van der Waals surface area (Å²) in [6.07, 6.45) is 4.39. The summed E-state index contributed by atoms with van der Waals surface area (Å²) in [5, 5.41) is 14.6. The van der Waals surface area contributed by atoms with E-state index in [9.17, 15) is 5.11 Å². The number of fused-ring (bicyclic) bond motifs is 1. The average Bonchev–Trinajstić information content (AvgIpc) is 3.34. The number of likely N-dealkylation sites (tertiary alicyclic amines) is 1. The zero-order chi connectivity index (χ0) is 17.1. The van der Waals surface area contributed by atoms with Crippen LogP contribution in [0.5, 0.6) is 5.75 Å². The van der Waals surface area contributed by atoms with Crippen LogP contribution in [0.25, 0.3) is 10.8 Å². The van der Waals surface area contributed by atoms with Crippen LogP contribution in [0.15, 0.2) is 58.9 Å². The van der Waals surface area contributed by atoms with Crippen molar-refractivity contribution in [2.75, 3.05) is 19.6 Å². The van der Waals surface area contributed by atoms with Crippen LogP contribution in [-0.4, -0.2) is 35.9 Å². The zero-order valence-corrected chi connectivity index (χ0v) is 15.0. The lowest BCUT2D eigenvalue weighted by atomic mass is 10.0. The average molecular weight is 350 g/mol. The number of phenols is 1. The van der Waals surface area contributed by atoms with Gasteiger partial charge in [-0.15, -0.1) is 11.3 Å². The van der Waals surface area contributed by atoms with Crippen molar-refractivity contribution in [3.63, 3.8) is 0 Å². The maximum Gasteiger partial charge on any atom is 0.124 e. The van der Waals surface area contributed by atoms with Crippen molar-refractivity contribution in [1.29, 1.82) is 0 Å². The van der Waals surface area contributed by atoms with Crippen LogP contribution < -0.4 is 0 Å². The van der Waals surface area contributed by atoms with Crippen LogP contribution in [0.3, 0.4) is 0 Å². The van der Waals surface area contributed by atoms with Crippen LogP contribution >= 0.6 is 11.3 Å². The van der Waals surface area contributed by atoms with E-state index in [0.717, 1.165) is 36.0 Å². The molecule has 3 aromatic rings. The van der Waals surface area contributed by atoms with E-state index in [1.54, 1.807) is 17.4 Å². The van der Waals surface area contributed by atoms with Gasteiger partial charge in [0.25, 0.3) is 0 Å². The predicted molar refractivity (Wildman–Crippen MR) is 106 cm³/mol. The highest BCUT2D eigenvalue weighted by Gasteiger charge is 2.23. The van der Waals surface area contributed by atoms with Gasteiger partial charge >= 0.3 is 0 Å². The first-order chi connectivity index (χ1) is 12.3. The summed E-state index contributed by atoms with van der Waals surface area (Å²) < 4.78 is 0. The van der Waals surface area contributed by atoms with Gasteiger partial charge in [0.15, 0.2) is 0 Å². The minimum Gasteiger partial charge on any atom is -0.507 e. The van der Waals surface area contributed by atoms with Crippen molar-refractivity contribution >= 4 is 28.3 Å². The van der Waals surface area contributed by atoms with Gasteiger partial charge in [-0.05, 0) is 54.2 Å². The van der Waals surface area contributed by atoms with Gasteiger partial charge < -0.3 is 5.11 Å². The maximum absolute atomic E-state index is 10.3. The van der Waals surface area contributed by atoms with Crippen molar-refractivity contribution < 1.29 is 5.11 Å². The van der Waals surface area contributed by atoms with E-state index in [1.165, 1.54) is 17.7 Å². The number of phenolic OH excluding ortho intramolecular Hbond substituents is 1. The molecule has 1 aliphatic heterocycles. The molecule has 2 aromatic carbocycles. The van der Waals surface area contributed by atoms with E-state index in [-0.39, 0.29) is 5.75 Å². The Bertz CT molecular complexity index is 867. The Morgan fingerprint density at radius 2 is 1.92 bits per heavy atom. The molecule has 1 saturated heterocycles. The van der Waals surface area contributed by atoms with Gasteiger partial charge in [0, 0.05) is 16.7 Å². The minimum atomic E-state index is 0.288. The van der Waals surface area contributed by atoms with Crippen molar-refractivity contribution in [2.24, 2.45) is 4.99 Å². The van der Waals surface area contributed by atoms with E-state index in [1.807, 2.05) is 30.5 Å². The highest BCUT2D eigenvalue weighted by Crippen LogP contribution is 2.29. The molecule has 128 valence electrons. The van der Waals surface area contributed by atoms with Crippen LogP contribution in [-0.2, 0) is 0 Å². The Hall–Kier alpha value is -2.17. The smallest absolute Gasteiger partial charge is 0.124 e. The number of benzene rings is 2. The first-order valence-corrected chi connectivity index (χ1v) is 9.69. The van der Waals surface area contributed by atoms with E-state index >= 15 is 0 Å². The second-order valence-corrected chi connectivity index (χ2v) is 7.47. The molecule has 1 aliphatic rings. The topological polar surface area (TPSA) is 35.8 Å². The van der Waals surface area contributed by atoms with Gasteiger partial charge in [0.05, 0.1) is 12.6 Å². The predicted octanol–water partition coefficient (Wildman–Crippen LogP) is 4.86. The summed E-state index contributed by atoms with van der Waals surface area (Å²) in [6, 6.07) is 16.5. The van der Waals surface area contributed by atoms with Crippen molar-refractivity contribution in [3.05, 3.63) is 64.4 Å². The monoisotopic (exact) mass is 350 g/mol. The lowest BCUT2D eigenvalue weighted by molar-refractivity contribution is 0.255. The lowest BCUT2D eigenvalue weighted by Crippen LogP contribution is -2.27. The molecule has 3 nitrogen and oxygen atoms in total. The van der Waals surface area contributed by atoms with Gasteiger partial charge in [-0.3, -0.25) is 9.89 Å². The van der Waals surface area contributed by atoms with Gasteiger partial charge in [-0.25, -0.2) is 0 Å². The van der Waals surface area contributed by atoms with E-state index in [2.05, 4.69) is 28.5 Å². The fourth-order valence-corrected chi connectivity index (χ4v) is 4.44. The summed E-state index contributed by atoms with van der Waals surface area (Å²) in [6.45, 7) is 3.03. The largest absolute Gasteiger partial charge is 0.507 e. The second-order valence-electron chi connectivity index (χ2n) is 6.49. The molecule has 4 rings (SSSR count). The zero-order valence-electron chi connectivity index (χ0n) is 14.1. The summed E-state index contributed by atoms with van der Waals surface area (Å²) in [4.78, 5) is 8.64. The first kappa shape index (κ1) is 16.3. The van der Waals surface area contributed by atoms with E-state index in [0.29, 0.717) is 6.04 Å². The molecule has 0 unspecified atom stereocenters. The van der Waals surface area contributed by atoms with Gasteiger partial charge in [-0.1, -0.05) is 36.4 Å². The highest BCUT2D eigenvalue weighted by molar-refractivity contribution is 7.10. The normalized spacial score (nSPS) is 16.8. The van der Waals surface area contributed by atoms with Gasteiger partial charge in [-0.2, -0.15) is 0 Å². The van der Waals surface area contributed by atoms with Crippen molar-refractivity contribution in [1.82, 2.24) is 4.90 Å². The number of thiophene rings is 1. The Morgan fingerprint density at radius 3 is 2.72 bits per heavy atom. The fraction of sp³-hybridized carbons (Fsp3) is 0.286. The molecule has 0 saturated carbocycles. The molecule has 4 heteroatoms. The lowest BCUT2D eigenvalue weighted by Gasteiger charge is -2.25. The number of rotatable bonds is 5. The number of aromatic hydroxyl groups is 1. The number of aliphatic imine (C=N–C) groups is 1. The molecular formula is C21H22N2OS. The molecule has 0 radical (unpaired) electrons. The van der Waals surface area contributed by atoms with Gasteiger partial charge in [0.2, 0.25) is 0 Å². The van der Waals surface area contributed by atoms with Gasteiger partial charge in [0.1, 0.15) is 5.75 Å². The number of hydrogen-bond donors (Lipinski definition) is 1. The summed E-state index contributed by atoms with van der Waals surface area (Å²) in [5.74, 6) is 0.288. The first-order valence-electron chi connectivity index (χ1n) is 8.81. The van der Waals surface area contributed by atoms with Crippen LogP contribution in [0.4, 0.5) is 0 Å². The van der Waals surface area contributed by atoms with E-state index < -0.39 is 0 Å². The van der Waals surface area contributed by atoms with Crippen molar-refractivity contribution in [3.8, 4) is 5.75 Å². The molecule has 2 heterocycles. The molecule has 1 atom stereocenters. The van der Waals surface area contributed by atoms with Crippen LogP contribution in [0.1, 0.15) is 29.3 Å². The fourth-order valence-electron chi connectivity index (χ4n) is 3.58. The molecular weight excluding hydrogens is 328 g/mol. The Kier molecular flexibility index (Phi) is 4.81. The SMILES string of the molecule is Oc1ccc2ccccc2c1C=NC[C@@H](c1cccs1)N1CCCC1. The molecule has 1 aromatic heterocycles. The number of hydrogen-bond acceptors (Lipinski definition) is 4. The molecule has 1 N–H and O–H groups in total. The highest BCUT2D eigenvalue weighted by atomic mass is 32.1. The molecule has 0 aliphatic carbocycles. The molecule has 0 bridgehead atoms. The Labute approximate surface area is 152 Å². The summed E-state index contributed by atoms with van der Waals surface area (Å²) >= 11 is 1.80. The quantitative estimate of drug-likeness (QED) is 0.667. The summed E-state index contributed by atoms with van der Waals surface area (Å²) in [5.41, 5.74) is 0.810.